The van der Waals surface area contributed by atoms with Crippen molar-refractivity contribution in [3.05, 3.63) is 48.0 Å². The number of thioether (sulfide) groups is 1. The normalized spacial score (nSPS) is 12.8. The third-order valence-corrected chi connectivity index (χ3v) is 4.83. The molecular weight excluding hydrogens is 364 g/mol. The highest BCUT2D eigenvalue weighted by Crippen LogP contribution is 2.33. The second-order valence-corrected chi connectivity index (χ2v) is 6.98. The molecule has 0 spiro atoms. The molecule has 0 unspecified atom stereocenters. The van der Waals surface area contributed by atoms with E-state index in [1.807, 2.05) is 25.1 Å². The number of anilines is 1. The van der Waals surface area contributed by atoms with Gasteiger partial charge in [0.05, 0.1) is 19.0 Å². The lowest BCUT2D eigenvalue weighted by Crippen LogP contribution is -2.23. The van der Waals surface area contributed by atoms with E-state index in [0.717, 1.165) is 17.1 Å². The number of nitrogens with one attached hydrogen (secondary N) is 2. The molecule has 0 fully saturated rings. The third kappa shape index (κ3) is 5.40. The first kappa shape index (κ1) is 19.1. The number of rotatable bonds is 6. The van der Waals surface area contributed by atoms with Gasteiger partial charge in [0.1, 0.15) is 0 Å². The lowest BCUT2D eigenvalue weighted by Gasteiger charge is -2.10. The van der Waals surface area contributed by atoms with Crippen molar-refractivity contribution < 1.29 is 19.1 Å². The summed E-state index contributed by atoms with van der Waals surface area (Å²) in [4.78, 5) is 25.1. The summed E-state index contributed by atoms with van der Waals surface area (Å²) in [5.41, 5.74) is 1.12. The van der Waals surface area contributed by atoms with E-state index in [1.165, 1.54) is 11.8 Å². The SMILES string of the molecule is CCNC(=O)c1cccc(NC(=O)CSc2ccc3c(c2)OCCCO3)c1. The molecule has 3 rings (SSSR count). The Morgan fingerprint density at radius 1 is 1.07 bits per heavy atom. The molecule has 6 nitrogen and oxygen atoms in total. The van der Waals surface area contributed by atoms with Gasteiger partial charge in [0.15, 0.2) is 11.5 Å². The summed E-state index contributed by atoms with van der Waals surface area (Å²) in [6, 6.07) is 12.6. The standard InChI is InChI=1S/C20H22N2O4S/c1-2-21-20(24)14-5-3-6-15(11-14)22-19(23)13-27-16-7-8-17-18(12-16)26-10-4-9-25-17/h3,5-8,11-12H,2,4,9-10,13H2,1H3,(H,21,24)(H,22,23). The van der Waals surface area contributed by atoms with Crippen molar-refractivity contribution in [3.63, 3.8) is 0 Å². The molecule has 0 aliphatic carbocycles. The van der Waals surface area contributed by atoms with Crippen LogP contribution in [0.3, 0.4) is 0 Å². The van der Waals surface area contributed by atoms with Gasteiger partial charge in [-0.3, -0.25) is 9.59 Å². The summed E-state index contributed by atoms with van der Waals surface area (Å²) in [6.45, 7) is 3.70. The number of carbonyl (C=O) groups excluding carboxylic acids is 2. The number of benzene rings is 2. The minimum atomic E-state index is -0.157. The van der Waals surface area contributed by atoms with Gasteiger partial charge in [-0.05, 0) is 43.3 Å². The number of ether oxygens (including phenoxy) is 2. The topological polar surface area (TPSA) is 76.7 Å². The van der Waals surface area contributed by atoms with Crippen LogP contribution in [-0.4, -0.2) is 37.3 Å². The molecule has 2 amide bonds. The molecule has 0 bridgehead atoms. The molecule has 27 heavy (non-hydrogen) atoms. The first-order chi connectivity index (χ1) is 13.2. The predicted molar refractivity (Wildman–Crippen MR) is 106 cm³/mol. The molecule has 7 heteroatoms. The largest absolute Gasteiger partial charge is 0.490 e. The fourth-order valence-corrected chi connectivity index (χ4v) is 3.30. The van der Waals surface area contributed by atoms with Gasteiger partial charge in [-0.25, -0.2) is 0 Å². The van der Waals surface area contributed by atoms with Crippen molar-refractivity contribution in [1.82, 2.24) is 5.32 Å². The van der Waals surface area contributed by atoms with Gasteiger partial charge in [0.25, 0.3) is 5.91 Å². The van der Waals surface area contributed by atoms with Crippen molar-refractivity contribution in [2.45, 2.75) is 18.2 Å². The third-order valence-electron chi connectivity index (χ3n) is 3.83. The van der Waals surface area contributed by atoms with E-state index >= 15 is 0 Å². The van der Waals surface area contributed by atoms with Crippen LogP contribution in [-0.2, 0) is 4.79 Å². The van der Waals surface area contributed by atoms with E-state index in [1.54, 1.807) is 24.3 Å². The van der Waals surface area contributed by atoms with Gasteiger partial charge in [0.2, 0.25) is 5.91 Å². The Morgan fingerprint density at radius 2 is 1.89 bits per heavy atom. The molecule has 2 N–H and O–H groups in total. The summed E-state index contributed by atoms with van der Waals surface area (Å²) < 4.78 is 11.3. The minimum absolute atomic E-state index is 0.139. The lowest BCUT2D eigenvalue weighted by molar-refractivity contribution is -0.113. The van der Waals surface area contributed by atoms with E-state index in [0.29, 0.717) is 36.8 Å². The van der Waals surface area contributed by atoms with E-state index in [2.05, 4.69) is 10.6 Å². The Hall–Kier alpha value is -2.67. The van der Waals surface area contributed by atoms with Crippen molar-refractivity contribution in [1.29, 1.82) is 0 Å². The summed E-state index contributed by atoms with van der Waals surface area (Å²) in [7, 11) is 0. The number of amides is 2. The van der Waals surface area contributed by atoms with Gasteiger partial charge in [-0.1, -0.05) is 6.07 Å². The molecule has 0 atom stereocenters. The molecule has 1 aliphatic rings. The highest BCUT2D eigenvalue weighted by molar-refractivity contribution is 8.00. The lowest BCUT2D eigenvalue weighted by atomic mass is 10.2. The van der Waals surface area contributed by atoms with Crippen molar-refractivity contribution >= 4 is 29.3 Å². The molecule has 0 saturated carbocycles. The van der Waals surface area contributed by atoms with E-state index in [9.17, 15) is 9.59 Å². The second kappa shape index (κ2) is 9.32. The molecule has 0 aromatic heterocycles. The Morgan fingerprint density at radius 3 is 2.70 bits per heavy atom. The molecule has 2 aromatic rings. The van der Waals surface area contributed by atoms with Gasteiger partial charge in [-0.15, -0.1) is 11.8 Å². The summed E-state index contributed by atoms with van der Waals surface area (Å²) in [5.74, 6) is 1.41. The number of hydrogen-bond acceptors (Lipinski definition) is 5. The maximum absolute atomic E-state index is 12.2. The maximum Gasteiger partial charge on any atom is 0.251 e. The minimum Gasteiger partial charge on any atom is -0.490 e. The Labute approximate surface area is 162 Å². The first-order valence-electron chi connectivity index (χ1n) is 8.86. The molecule has 1 aliphatic heterocycles. The quantitative estimate of drug-likeness (QED) is 0.745. The monoisotopic (exact) mass is 386 g/mol. The van der Waals surface area contributed by atoms with Gasteiger partial charge < -0.3 is 20.1 Å². The van der Waals surface area contributed by atoms with Crippen LogP contribution in [0.5, 0.6) is 11.5 Å². The number of hydrogen-bond donors (Lipinski definition) is 2. The predicted octanol–water partition coefficient (Wildman–Crippen LogP) is 3.33. The van der Waals surface area contributed by atoms with E-state index in [4.69, 9.17) is 9.47 Å². The Bertz CT molecular complexity index is 825. The summed E-state index contributed by atoms with van der Waals surface area (Å²) in [6.07, 6.45) is 0.856. The van der Waals surface area contributed by atoms with Crippen LogP contribution in [0, 0.1) is 0 Å². The fourth-order valence-electron chi connectivity index (χ4n) is 2.58. The van der Waals surface area contributed by atoms with Crippen molar-refractivity contribution in [2.24, 2.45) is 0 Å². The van der Waals surface area contributed by atoms with E-state index < -0.39 is 0 Å². The van der Waals surface area contributed by atoms with Crippen LogP contribution in [0.15, 0.2) is 47.4 Å². The summed E-state index contributed by atoms with van der Waals surface area (Å²) >= 11 is 1.42. The Balaban J connectivity index is 1.56. The average molecular weight is 386 g/mol. The van der Waals surface area contributed by atoms with Crippen molar-refractivity contribution in [2.75, 3.05) is 30.8 Å². The van der Waals surface area contributed by atoms with E-state index in [-0.39, 0.29) is 17.6 Å². The van der Waals surface area contributed by atoms with Crippen LogP contribution < -0.4 is 20.1 Å². The van der Waals surface area contributed by atoms with Gasteiger partial charge >= 0.3 is 0 Å². The maximum atomic E-state index is 12.2. The smallest absolute Gasteiger partial charge is 0.251 e. The number of carbonyl (C=O) groups is 2. The van der Waals surface area contributed by atoms with Crippen LogP contribution in [0.4, 0.5) is 5.69 Å². The fraction of sp³-hybridized carbons (Fsp3) is 0.300. The molecule has 1 heterocycles. The van der Waals surface area contributed by atoms with Crippen LogP contribution in [0.25, 0.3) is 0 Å². The zero-order valence-corrected chi connectivity index (χ0v) is 15.9. The van der Waals surface area contributed by atoms with Gasteiger partial charge in [-0.2, -0.15) is 0 Å². The van der Waals surface area contributed by atoms with Crippen LogP contribution in [0.2, 0.25) is 0 Å². The van der Waals surface area contributed by atoms with Crippen LogP contribution in [0.1, 0.15) is 23.7 Å². The molecule has 2 aromatic carbocycles. The average Bonchev–Trinajstić information content (AvgIpc) is 2.91. The molecule has 0 radical (unpaired) electrons. The number of fused-ring (bicyclic) bond motifs is 1. The van der Waals surface area contributed by atoms with Crippen molar-refractivity contribution in [3.8, 4) is 11.5 Å². The molecular formula is C20H22N2O4S. The summed E-state index contributed by atoms with van der Waals surface area (Å²) in [5, 5.41) is 5.57. The zero-order valence-electron chi connectivity index (χ0n) is 15.1. The Kier molecular flexibility index (Phi) is 6.59. The van der Waals surface area contributed by atoms with Crippen LogP contribution >= 0.6 is 11.8 Å². The first-order valence-corrected chi connectivity index (χ1v) is 9.85. The molecule has 0 saturated heterocycles. The highest BCUT2D eigenvalue weighted by atomic mass is 32.2. The molecule has 142 valence electrons. The van der Waals surface area contributed by atoms with Gasteiger partial charge in [0, 0.05) is 29.1 Å². The second-order valence-electron chi connectivity index (χ2n) is 5.94. The zero-order chi connectivity index (χ0) is 19.1. The highest BCUT2D eigenvalue weighted by Gasteiger charge is 2.12.